The number of nitrogens with zero attached hydrogens (tertiary/aromatic N) is 1. The summed E-state index contributed by atoms with van der Waals surface area (Å²) in [6, 6.07) is -0.365. The van der Waals surface area contributed by atoms with E-state index in [1.807, 2.05) is 20.8 Å². The van der Waals surface area contributed by atoms with Gasteiger partial charge in [0.05, 0.1) is 7.11 Å². The topological polar surface area (TPSA) is 46.6 Å². The molecule has 0 radical (unpaired) electrons. The Kier molecular flexibility index (Phi) is 16.0. The molecule has 0 spiro atoms. The molecule has 1 heterocycles. The Hall–Kier alpha value is 0.984. The first-order chi connectivity index (χ1) is 8.12. The van der Waals surface area contributed by atoms with Gasteiger partial charge in [0.2, 0.25) is 5.91 Å². The molecular weight excluding hydrogens is 487 g/mol. The molecule has 4 nitrogen and oxygen atoms in total. The molecule has 1 atom stereocenters. The molecule has 1 aliphatic heterocycles. The summed E-state index contributed by atoms with van der Waals surface area (Å²) in [6.45, 7) is 6.56. The van der Waals surface area contributed by atoms with E-state index in [9.17, 15) is 9.59 Å². The number of β-lactam (4-membered cyclic amide) rings is 1. The van der Waals surface area contributed by atoms with Gasteiger partial charge in [-0.05, 0) is 6.42 Å². The SMILES string of the molecule is CC.CCC(C(=O)OC)N1CCC1=O.[I][V][I]. The Labute approximate surface area is 132 Å². The zero-order chi connectivity index (χ0) is 13.8. The van der Waals surface area contributed by atoms with Crippen LogP contribution < -0.4 is 0 Å². The van der Waals surface area contributed by atoms with Crippen molar-refractivity contribution in [2.24, 2.45) is 0 Å². The molecule has 0 saturated carbocycles. The number of halogens is 2. The van der Waals surface area contributed by atoms with E-state index >= 15 is 0 Å². The summed E-state index contributed by atoms with van der Waals surface area (Å²) in [5.74, 6) is -0.266. The van der Waals surface area contributed by atoms with Crippen LogP contribution in [-0.2, 0) is 23.8 Å². The maximum atomic E-state index is 11.1. The van der Waals surface area contributed by atoms with Crippen LogP contribution >= 0.6 is 40.0 Å². The zero-order valence-electron chi connectivity index (χ0n) is 10.6. The van der Waals surface area contributed by atoms with Crippen molar-refractivity contribution >= 4 is 51.8 Å². The van der Waals surface area contributed by atoms with Crippen LogP contribution in [0.3, 0.4) is 0 Å². The quantitative estimate of drug-likeness (QED) is 0.336. The average Bonchev–Trinajstić information content (AvgIpc) is 2.36. The molecule has 0 aromatic heterocycles. The van der Waals surface area contributed by atoms with Gasteiger partial charge < -0.3 is 9.64 Å². The van der Waals surface area contributed by atoms with E-state index in [4.69, 9.17) is 0 Å². The van der Waals surface area contributed by atoms with Crippen LogP contribution in [0.15, 0.2) is 0 Å². The fourth-order valence-corrected chi connectivity index (χ4v) is 1.31. The molecule has 0 aromatic carbocycles. The van der Waals surface area contributed by atoms with Crippen molar-refractivity contribution in [3.05, 3.63) is 0 Å². The number of rotatable bonds is 3. The second kappa shape index (κ2) is 13.4. The monoisotopic (exact) mass is 506 g/mol. The average molecular weight is 506 g/mol. The van der Waals surface area contributed by atoms with Crippen molar-refractivity contribution in [1.82, 2.24) is 4.90 Å². The Morgan fingerprint density at radius 1 is 1.53 bits per heavy atom. The van der Waals surface area contributed by atoms with Crippen molar-refractivity contribution in [1.29, 1.82) is 0 Å². The molecule has 0 N–H and O–H groups in total. The van der Waals surface area contributed by atoms with Crippen LogP contribution in [0.2, 0.25) is 0 Å². The summed E-state index contributed by atoms with van der Waals surface area (Å²) >= 11 is 4.74. The molecule has 0 bridgehead atoms. The molecule has 1 rings (SSSR count). The Bertz CT molecular complexity index is 230. The van der Waals surface area contributed by atoms with Crippen molar-refractivity contribution in [3.8, 4) is 0 Å². The van der Waals surface area contributed by atoms with Crippen LogP contribution in [0.5, 0.6) is 0 Å². The fourth-order valence-electron chi connectivity index (χ4n) is 1.31. The van der Waals surface area contributed by atoms with Gasteiger partial charge in [-0.25, -0.2) is 4.79 Å². The van der Waals surface area contributed by atoms with Crippen LogP contribution in [-0.4, -0.2) is 36.5 Å². The predicted octanol–water partition coefficient (Wildman–Crippen LogP) is 2.97. The van der Waals surface area contributed by atoms with Crippen molar-refractivity contribution < 1.29 is 23.8 Å². The second-order valence-electron chi connectivity index (χ2n) is 2.85. The van der Waals surface area contributed by atoms with Gasteiger partial charge in [0.15, 0.2) is 0 Å². The van der Waals surface area contributed by atoms with E-state index < -0.39 is 0 Å². The van der Waals surface area contributed by atoms with Gasteiger partial charge in [-0.15, -0.1) is 0 Å². The summed E-state index contributed by atoms with van der Waals surface area (Å²) in [7, 11) is 1.97. The molecule has 1 unspecified atom stereocenters. The van der Waals surface area contributed by atoms with E-state index in [2.05, 4.69) is 44.7 Å². The summed E-state index contributed by atoms with van der Waals surface area (Å²) in [5, 5.41) is 0. The first-order valence-electron chi connectivity index (χ1n) is 5.41. The van der Waals surface area contributed by atoms with Crippen LogP contribution in [0.25, 0.3) is 0 Å². The van der Waals surface area contributed by atoms with Gasteiger partial charge in [0.25, 0.3) is 0 Å². The van der Waals surface area contributed by atoms with Gasteiger partial charge in [-0.3, -0.25) is 4.79 Å². The number of esters is 1. The zero-order valence-corrected chi connectivity index (χ0v) is 16.3. The third-order valence-corrected chi connectivity index (χ3v) is 2.12. The van der Waals surface area contributed by atoms with Crippen LogP contribution in [0.1, 0.15) is 33.6 Å². The van der Waals surface area contributed by atoms with Gasteiger partial charge >= 0.3 is 55.4 Å². The number of likely N-dealkylation sites (tertiary alicyclic amines) is 1. The number of hydrogen-bond donors (Lipinski definition) is 0. The molecule has 1 saturated heterocycles. The second-order valence-corrected chi connectivity index (χ2v) is 14.6. The van der Waals surface area contributed by atoms with Crippen LogP contribution in [0, 0.1) is 0 Å². The number of carbonyl (C=O) groups excluding carboxylic acids is 2. The number of methoxy groups -OCH3 is 1. The fraction of sp³-hybridized carbons (Fsp3) is 0.800. The molecule has 7 heteroatoms. The standard InChI is InChI=1S/C8H13NO3.C2H6.2HI.V/c1-3-6(8(11)12-2)9-5-4-7(9)10;1-2;;;/h6H,3-5H2,1-2H3;1-2H3;2*1H;/q;;;;+2/p-2. The predicted molar refractivity (Wildman–Crippen MR) is 81.8 cm³/mol. The molecule has 1 fully saturated rings. The first-order valence-corrected chi connectivity index (χ1v) is 14.4. The van der Waals surface area contributed by atoms with Gasteiger partial charge in [0.1, 0.15) is 6.04 Å². The van der Waals surface area contributed by atoms with Gasteiger partial charge in [-0.1, -0.05) is 20.8 Å². The van der Waals surface area contributed by atoms with E-state index in [1.165, 1.54) is 7.11 Å². The summed E-state index contributed by atoms with van der Waals surface area (Å²) in [4.78, 5) is 23.6. The van der Waals surface area contributed by atoms with Crippen LogP contribution in [0.4, 0.5) is 0 Å². The maximum absolute atomic E-state index is 11.1. The number of hydrogen-bond acceptors (Lipinski definition) is 3. The first kappa shape index (κ1) is 20.3. The van der Waals surface area contributed by atoms with Crippen molar-refractivity contribution in [2.75, 3.05) is 13.7 Å². The molecule has 1 aliphatic rings. The van der Waals surface area contributed by atoms with E-state index in [-0.39, 0.29) is 17.9 Å². The third kappa shape index (κ3) is 7.89. The summed E-state index contributed by atoms with van der Waals surface area (Å²) in [5.41, 5.74) is 0. The number of carbonyl (C=O) groups is 2. The normalized spacial score (nSPS) is 14.2. The van der Waals surface area contributed by atoms with E-state index in [0.29, 0.717) is 28.9 Å². The summed E-state index contributed by atoms with van der Waals surface area (Å²) < 4.78 is 4.58. The number of ether oxygens (including phenoxy) is 1. The molecule has 17 heavy (non-hydrogen) atoms. The minimum atomic E-state index is -0.365. The third-order valence-electron chi connectivity index (χ3n) is 2.12. The Morgan fingerprint density at radius 3 is 2.18 bits per heavy atom. The number of amides is 1. The Balaban J connectivity index is 0. The molecular formula is C10H19I2NO3V. The van der Waals surface area contributed by atoms with E-state index in [0.717, 1.165) is 0 Å². The van der Waals surface area contributed by atoms with Gasteiger partial charge in [-0.2, -0.15) is 0 Å². The molecule has 1 amide bonds. The summed E-state index contributed by atoms with van der Waals surface area (Å²) in [6.07, 6.45) is 1.19. The van der Waals surface area contributed by atoms with Gasteiger partial charge in [0, 0.05) is 13.0 Å². The van der Waals surface area contributed by atoms with E-state index in [1.54, 1.807) is 4.90 Å². The van der Waals surface area contributed by atoms with Crippen molar-refractivity contribution in [2.45, 2.75) is 39.7 Å². The molecule has 101 valence electrons. The molecule has 0 aromatic rings. The minimum absolute atomic E-state index is 0.0484. The van der Waals surface area contributed by atoms with Crippen molar-refractivity contribution in [3.63, 3.8) is 0 Å². The molecule has 0 aliphatic carbocycles. The Morgan fingerprint density at radius 2 is 2.00 bits per heavy atom.